The lowest BCUT2D eigenvalue weighted by atomic mass is 10.0. The Labute approximate surface area is 113 Å². The van der Waals surface area contributed by atoms with Crippen molar-refractivity contribution in [2.45, 2.75) is 18.9 Å². The van der Waals surface area contributed by atoms with E-state index in [0.29, 0.717) is 18.0 Å². The zero-order chi connectivity index (χ0) is 12.8. The van der Waals surface area contributed by atoms with Crippen molar-refractivity contribution < 1.29 is 14.6 Å². The topological polar surface area (TPSA) is 90.7 Å². The van der Waals surface area contributed by atoms with Gasteiger partial charge in [0, 0.05) is 6.04 Å². The molecule has 0 saturated carbocycles. The number of rotatable bonds is 6. The summed E-state index contributed by atoms with van der Waals surface area (Å²) in [6, 6.07) is 3.31. The number of methoxy groups -OCH3 is 2. The van der Waals surface area contributed by atoms with E-state index in [9.17, 15) is 5.11 Å². The van der Waals surface area contributed by atoms with E-state index in [1.807, 2.05) is 0 Å². The van der Waals surface area contributed by atoms with E-state index in [0.717, 1.165) is 18.4 Å². The molecule has 0 unspecified atom stereocenters. The van der Waals surface area contributed by atoms with Crippen molar-refractivity contribution in [3.63, 3.8) is 0 Å². The number of phenols is 1. The first kappa shape index (κ1) is 16.8. The summed E-state index contributed by atoms with van der Waals surface area (Å²) < 4.78 is 10.1. The molecule has 1 rings (SSSR count). The average molecular weight is 277 g/mol. The predicted octanol–water partition coefficient (Wildman–Crippen LogP) is 1.57. The molecule has 0 aliphatic rings. The SMILES string of the molecule is COc1cc([C@@H](N)CCCN)cc(OC)c1O.Cl. The van der Waals surface area contributed by atoms with Gasteiger partial charge in [-0.05, 0) is 37.1 Å². The maximum Gasteiger partial charge on any atom is 0.200 e. The van der Waals surface area contributed by atoms with Crippen LogP contribution in [0.3, 0.4) is 0 Å². The number of phenolic OH excluding ortho intramolecular Hbond substituents is 1. The van der Waals surface area contributed by atoms with Crippen molar-refractivity contribution in [1.82, 2.24) is 0 Å². The van der Waals surface area contributed by atoms with E-state index in [1.54, 1.807) is 12.1 Å². The Morgan fingerprint density at radius 1 is 1.22 bits per heavy atom. The summed E-state index contributed by atoms with van der Waals surface area (Å²) in [5.74, 6) is 0.717. The quantitative estimate of drug-likeness (QED) is 0.734. The normalized spacial score (nSPS) is 11.6. The molecule has 1 aromatic carbocycles. The second-order valence-corrected chi connectivity index (χ2v) is 3.81. The van der Waals surface area contributed by atoms with Crippen molar-refractivity contribution in [3.8, 4) is 17.2 Å². The molecule has 0 saturated heterocycles. The highest BCUT2D eigenvalue weighted by molar-refractivity contribution is 5.85. The molecular formula is C12H21ClN2O3. The fourth-order valence-corrected chi connectivity index (χ4v) is 1.63. The van der Waals surface area contributed by atoms with Crippen LogP contribution in [-0.4, -0.2) is 25.9 Å². The van der Waals surface area contributed by atoms with Gasteiger partial charge in [-0.2, -0.15) is 0 Å². The van der Waals surface area contributed by atoms with Gasteiger partial charge in [0.1, 0.15) is 0 Å². The third kappa shape index (κ3) is 3.94. The molecule has 1 atom stereocenters. The van der Waals surface area contributed by atoms with Crippen LogP contribution in [-0.2, 0) is 0 Å². The van der Waals surface area contributed by atoms with Gasteiger partial charge >= 0.3 is 0 Å². The fraction of sp³-hybridized carbons (Fsp3) is 0.500. The number of halogens is 1. The summed E-state index contributed by atoms with van der Waals surface area (Å²) in [4.78, 5) is 0. The minimum Gasteiger partial charge on any atom is -0.502 e. The summed E-state index contributed by atoms with van der Waals surface area (Å²) in [7, 11) is 2.98. The van der Waals surface area contributed by atoms with Crippen LogP contribution >= 0.6 is 12.4 Å². The van der Waals surface area contributed by atoms with Crippen LogP contribution in [0.2, 0.25) is 0 Å². The molecule has 18 heavy (non-hydrogen) atoms. The Hall–Kier alpha value is -1.17. The Kier molecular flexibility index (Phi) is 7.50. The average Bonchev–Trinajstić information content (AvgIpc) is 2.36. The van der Waals surface area contributed by atoms with Gasteiger partial charge in [0.15, 0.2) is 11.5 Å². The van der Waals surface area contributed by atoms with E-state index in [2.05, 4.69) is 0 Å². The molecule has 6 heteroatoms. The third-order valence-corrected chi connectivity index (χ3v) is 2.65. The molecule has 0 aliphatic heterocycles. The highest BCUT2D eigenvalue weighted by Crippen LogP contribution is 2.38. The van der Waals surface area contributed by atoms with Gasteiger partial charge in [0.05, 0.1) is 14.2 Å². The van der Waals surface area contributed by atoms with Gasteiger partial charge in [0.2, 0.25) is 5.75 Å². The summed E-state index contributed by atoms with van der Waals surface area (Å²) in [5.41, 5.74) is 12.3. The third-order valence-electron chi connectivity index (χ3n) is 2.65. The molecule has 0 bridgehead atoms. The molecule has 1 aromatic rings. The van der Waals surface area contributed by atoms with Gasteiger partial charge in [0.25, 0.3) is 0 Å². The highest BCUT2D eigenvalue weighted by Gasteiger charge is 2.14. The Morgan fingerprint density at radius 3 is 2.11 bits per heavy atom. The van der Waals surface area contributed by atoms with Crippen molar-refractivity contribution >= 4 is 12.4 Å². The smallest absolute Gasteiger partial charge is 0.200 e. The Morgan fingerprint density at radius 2 is 1.72 bits per heavy atom. The van der Waals surface area contributed by atoms with Gasteiger partial charge in [-0.25, -0.2) is 0 Å². The molecular weight excluding hydrogens is 256 g/mol. The van der Waals surface area contributed by atoms with Crippen LogP contribution in [0.15, 0.2) is 12.1 Å². The molecule has 0 aliphatic carbocycles. The molecule has 5 N–H and O–H groups in total. The summed E-state index contributed by atoms with van der Waals surface area (Å²) in [5, 5.41) is 9.76. The summed E-state index contributed by atoms with van der Waals surface area (Å²) in [6.07, 6.45) is 1.64. The number of hydrogen-bond donors (Lipinski definition) is 3. The van der Waals surface area contributed by atoms with Crippen LogP contribution in [0.25, 0.3) is 0 Å². The highest BCUT2D eigenvalue weighted by atomic mass is 35.5. The van der Waals surface area contributed by atoms with E-state index in [4.69, 9.17) is 20.9 Å². The molecule has 0 spiro atoms. The Balaban J connectivity index is 0.00000289. The second kappa shape index (κ2) is 8.02. The van der Waals surface area contributed by atoms with E-state index >= 15 is 0 Å². The number of hydrogen-bond acceptors (Lipinski definition) is 5. The number of benzene rings is 1. The van der Waals surface area contributed by atoms with Crippen molar-refractivity contribution in [3.05, 3.63) is 17.7 Å². The molecule has 0 heterocycles. The zero-order valence-electron chi connectivity index (χ0n) is 10.7. The van der Waals surface area contributed by atoms with Gasteiger partial charge in [-0.3, -0.25) is 0 Å². The minimum absolute atomic E-state index is 0. The largest absolute Gasteiger partial charge is 0.502 e. The van der Waals surface area contributed by atoms with Crippen LogP contribution in [0, 0.1) is 0 Å². The van der Waals surface area contributed by atoms with Crippen molar-refractivity contribution in [1.29, 1.82) is 0 Å². The van der Waals surface area contributed by atoms with Crippen LogP contribution in [0.5, 0.6) is 17.2 Å². The molecule has 0 amide bonds. The van der Waals surface area contributed by atoms with Crippen LogP contribution < -0.4 is 20.9 Å². The lowest BCUT2D eigenvalue weighted by Gasteiger charge is -2.15. The standard InChI is InChI=1S/C12H20N2O3.ClH/c1-16-10-6-8(9(14)4-3-5-13)7-11(17-2)12(10)15;/h6-7,9,15H,3-5,13-14H2,1-2H3;1H/t9-;/m0./s1. The summed E-state index contributed by atoms with van der Waals surface area (Å²) >= 11 is 0. The molecule has 0 fully saturated rings. The van der Waals surface area contributed by atoms with Crippen LogP contribution in [0.1, 0.15) is 24.4 Å². The molecule has 5 nitrogen and oxygen atoms in total. The lowest BCUT2D eigenvalue weighted by Crippen LogP contribution is -2.12. The lowest BCUT2D eigenvalue weighted by molar-refractivity contribution is 0.338. The molecule has 0 aromatic heterocycles. The first-order valence-corrected chi connectivity index (χ1v) is 5.54. The minimum atomic E-state index is -0.137. The van der Waals surface area contributed by atoms with E-state index < -0.39 is 0 Å². The number of nitrogens with two attached hydrogens (primary N) is 2. The molecule has 104 valence electrons. The van der Waals surface area contributed by atoms with Gasteiger partial charge in [-0.1, -0.05) is 0 Å². The summed E-state index contributed by atoms with van der Waals surface area (Å²) in [6.45, 7) is 0.611. The van der Waals surface area contributed by atoms with Crippen molar-refractivity contribution in [2.24, 2.45) is 11.5 Å². The van der Waals surface area contributed by atoms with Crippen molar-refractivity contribution in [2.75, 3.05) is 20.8 Å². The second-order valence-electron chi connectivity index (χ2n) is 3.81. The predicted molar refractivity (Wildman–Crippen MR) is 73.7 cm³/mol. The number of ether oxygens (including phenoxy) is 2. The number of aromatic hydroxyl groups is 1. The monoisotopic (exact) mass is 276 g/mol. The van der Waals surface area contributed by atoms with Gasteiger partial charge in [-0.15, -0.1) is 12.4 Å². The fourth-order valence-electron chi connectivity index (χ4n) is 1.63. The Bertz CT molecular complexity index is 349. The zero-order valence-corrected chi connectivity index (χ0v) is 11.5. The molecule has 0 radical (unpaired) electrons. The van der Waals surface area contributed by atoms with E-state index in [-0.39, 0.29) is 24.2 Å². The van der Waals surface area contributed by atoms with E-state index in [1.165, 1.54) is 14.2 Å². The maximum atomic E-state index is 9.76. The maximum absolute atomic E-state index is 9.76. The first-order valence-electron chi connectivity index (χ1n) is 5.54. The first-order chi connectivity index (χ1) is 8.13. The van der Waals surface area contributed by atoms with Gasteiger partial charge < -0.3 is 26.0 Å². The van der Waals surface area contributed by atoms with Crippen LogP contribution in [0.4, 0.5) is 0 Å².